The zero-order chi connectivity index (χ0) is 14.5. The van der Waals surface area contributed by atoms with Crippen LogP contribution in [0.1, 0.15) is 69.9 Å². The van der Waals surface area contributed by atoms with Crippen molar-refractivity contribution in [1.29, 1.82) is 0 Å². The van der Waals surface area contributed by atoms with Crippen LogP contribution in [0, 0.1) is 6.92 Å². The molecule has 2 nitrogen and oxygen atoms in total. The van der Waals surface area contributed by atoms with Crippen LogP contribution in [0.2, 0.25) is 0 Å². The molecule has 0 amide bonds. The van der Waals surface area contributed by atoms with Gasteiger partial charge in [-0.2, -0.15) is 0 Å². The Bertz CT molecular complexity index is 344. The number of hydrogen-bond donors (Lipinski definition) is 1. The number of aryl methyl sites for hydroxylation is 2. The lowest BCUT2D eigenvalue weighted by Crippen LogP contribution is -3.00. The smallest absolute Gasteiger partial charge is 0.178 e. The van der Waals surface area contributed by atoms with E-state index >= 15 is 0 Å². The van der Waals surface area contributed by atoms with Crippen molar-refractivity contribution in [2.24, 2.45) is 0 Å². The first kappa shape index (κ1) is 20.4. The zero-order valence-electron chi connectivity index (χ0n) is 13.6. The summed E-state index contributed by atoms with van der Waals surface area (Å²) in [6.07, 6.45) is 15.2. The highest BCUT2D eigenvalue weighted by Gasteiger charge is 2.02. The molecule has 1 N–H and O–H groups in total. The monoisotopic (exact) mass is 313 g/mol. The standard InChI is InChI=1S/C18H32NO.ClH/c1-18-14-10-12-16-19(18)15-11-8-6-4-2-3-5-7-9-13-17-20;/h10,12,14,16,20H,2-9,11,13,15,17H2,1H3;1H/q+1;/p-1. The molecule has 122 valence electrons. The maximum atomic E-state index is 8.69. The summed E-state index contributed by atoms with van der Waals surface area (Å²) in [5.41, 5.74) is 1.36. The second-order valence-electron chi connectivity index (χ2n) is 5.79. The van der Waals surface area contributed by atoms with Gasteiger partial charge in [0.25, 0.3) is 0 Å². The van der Waals surface area contributed by atoms with E-state index in [0.29, 0.717) is 6.61 Å². The number of aromatic nitrogens is 1. The van der Waals surface area contributed by atoms with Gasteiger partial charge in [0, 0.05) is 32.1 Å². The Balaban J connectivity index is 0.00000400. The number of hydrogen-bond acceptors (Lipinski definition) is 1. The zero-order valence-corrected chi connectivity index (χ0v) is 14.3. The van der Waals surface area contributed by atoms with E-state index < -0.39 is 0 Å². The predicted octanol–water partition coefficient (Wildman–Crippen LogP) is 1.18. The molecule has 1 rings (SSSR count). The van der Waals surface area contributed by atoms with Crippen molar-refractivity contribution >= 4 is 0 Å². The number of unbranched alkanes of at least 4 members (excludes halogenated alkanes) is 9. The van der Waals surface area contributed by atoms with Gasteiger partial charge in [0.15, 0.2) is 11.9 Å². The van der Waals surface area contributed by atoms with Gasteiger partial charge in [-0.3, -0.25) is 0 Å². The molecule has 0 radical (unpaired) electrons. The molecular formula is C18H32ClNO. The van der Waals surface area contributed by atoms with Gasteiger partial charge in [-0.25, -0.2) is 4.57 Å². The minimum atomic E-state index is 0. The van der Waals surface area contributed by atoms with Crippen LogP contribution < -0.4 is 17.0 Å². The molecule has 0 saturated carbocycles. The van der Waals surface area contributed by atoms with Crippen molar-refractivity contribution < 1.29 is 22.1 Å². The van der Waals surface area contributed by atoms with Gasteiger partial charge >= 0.3 is 0 Å². The van der Waals surface area contributed by atoms with E-state index in [9.17, 15) is 0 Å². The first-order valence-corrected chi connectivity index (χ1v) is 8.40. The fourth-order valence-corrected chi connectivity index (χ4v) is 2.62. The molecule has 1 heterocycles. The molecule has 21 heavy (non-hydrogen) atoms. The fourth-order valence-electron chi connectivity index (χ4n) is 2.62. The molecule has 3 heteroatoms. The van der Waals surface area contributed by atoms with Gasteiger partial charge in [0.05, 0.1) is 0 Å². The normalized spacial score (nSPS) is 10.4. The van der Waals surface area contributed by atoms with Gasteiger partial charge in [-0.1, -0.05) is 51.0 Å². The molecule has 0 saturated heterocycles. The van der Waals surface area contributed by atoms with Crippen molar-refractivity contribution in [3.8, 4) is 0 Å². The highest BCUT2D eigenvalue weighted by Crippen LogP contribution is 2.10. The largest absolute Gasteiger partial charge is 1.00 e. The van der Waals surface area contributed by atoms with Gasteiger partial charge in [0.1, 0.15) is 6.54 Å². The van der Waals surface area contributed by atoms with Crippen molar-refractivity contribution in [1.82, 2.24) is 0 Å². The van der Waals surface area contributed by atoms with E-state index in [1.165, 1.54) is 63.5 Å². The number of halogens is 1. The van der Waals surface area contributed by atoms with Crippen molar-refractivity contribution in [2.45, 2.75) is 77.7 Å². The van der Waals surface area contributed by atoms with E-state index in [0.717, 1.165) is 13.0 Å². The number of nitrogens with zero attached hydrogens (tertiary/aromatic N) is 1. The molecule has 0 spiro atoms. The van der Waals surface area contributed by atoms with Crippen LogP contribution in [0.25, 0.3) is 0 Å². The topological polar surface area (TPSA) is 24.1 Å². The van der Waals surface area contributed by atoms with Crippen molar-refractivity contribution in [3.05, 3.63) is 30.1 Å². The number of aliphatic hydroxyl groups is 1. The Kier molecular flexibility index (Phi) is 13.9. The van der Waals surface area contributed by atoms with Crippen LogP contribution in [0.4, 0.5) is 0 Å². The average Bonchev–Trinajstić information content (AvgIpc) is 2.46. The summed E-state index contributed by atoms with van der Waals surface area (Å²) >= 11 is 0. The highest BCUT2D eigenvalue weighted by molar-refractivity contribution is 4.93. The van der Waals surface area contributed by atoms with E-state index in [-0.39, 0.29) is 12.4 Å². The summed E-state index contributed by atoms with van der Waals surface area (Å²) in [7, 11) is 0. The van der Waals surface area contributed by atoms with E-state index in [1.54, 1.807) is 0 Å². The lowest BCUT2D eigenvalue weighted by Gasteiger charge is -2.02. The Morgan fingerprint density at radius 3 is 1.86 bits per heavy atom. The van der Waals surface area contributed by atoms with Gasteiger partial charge < -0.3 is 17.5 Å². The number of pyridine rings is 1. The van der Waals surface area contributed by atoms with Crippen LogP contribution in [0.3, 0.4) is 0 Å². The van der Waals surface area contributed by atoms with Crippen LogP contribution in [0.5, 0.6) is 0 Å². The summed E-state index contributed by atoms with van der Waals surface area (Å²) in [6, 6.07) is 6.40. The minimum absolute atomic E-state index is 0. The molecule has 0 aliphatic heterocycles. The van der Waals surface area contributed by atoms with Crippen molar-refractivity contribution in [3.63, 3.8) is 0 Å². The molecule has 0 unspecified atom stereocenters. The molecule has 0 bridgehead atoms. The van der Waals surface area contributed by atoms with Crippen LogP contribution in [-0.2, 0) is 6.54 Å². The number of aliphatic hydroxyl groups excluding tert-OH is 1. The fraction of sp³-hybridized carbons (Fsp3) is 0.722. The Morgan fingerprint density at radius 2 is 1.33 bits per heavy atom. The third-order valence-corrected chi connectivity index (χ3v) is 3.97. The van der Waals surface area contributed by atoms with Crippen LogP contribution in [-0.4, -0.2) is 11.7 Å². The van der Waals surface area contributed by atoms with Gasteiger partial charge in [-0.05, 0) is 12.8 Å². The second kappa shape index (κ2) is 14.3. The average molecular weight is 314 g/mol. The SMILES string of the molecule is Cc1cccc[n+]1CCCCCCCCCCCCO.[Cl-]. The Labute approximate surface area is 137 Å². The summed E-state index contributed by atoms with van der Waals surface area (Å²) in [4.78, 5) is 0. The summed E-state index contributed by atoms with van der Waals surface area (Å²) in [5, 5.41) is 8.69. The molecule has 1 aromatic heterocycles. The maximum Gasteiger partial charge on any atom is 0.178 e. The van der Waals surface area contributed by atoms with E-state index in [1.807, 2.05) is 0 Å². The number of rotatable bonds is 12. The molecule has 0 aliphatic rings. The molecule has 0 aromatic carbocycles. The van der Waals surface area contributed by atoms with E-state index in [2.05, 4.69) is 35.9 Å². The first-order valence-electron chi connectivity index (χ1n) is 8.40. The maximum absolute atomic E-state index is 8.69. The molecule has 0 atom stereocenters. The van der Waals surface area contributed by atoms with Gasteiger partial charge in [0.2, 0.25) is 0 Å². The predicted molar refractivity (Wildman–Crippen MR) is 84.6 cm³/mol. The minimum Gasteiger partial charge on any atom is -1.00 e. The third kappa shape index (κ3) is 10.7. The third-order valence-electron chi connectivity index (χ3n) is 3.97. The van der Waals surface area contributed by atoms with E-state index in [4.69, 9.17) is 5.11 Å². The van der Waals surface area contributed by atoms with Crippen LogP contribution >= 0.6 is 0 Å². The quantitative estimate of drug-likeness (QED) is 0.455. The molecule has 1 aromatic rings. The van der Waals surface area contributed by atoms with Gasteiger partial charge in [-0.15, -0.1) is 0 Å². The van der Waals surface area contributed by atoms with Crippen LogP contribution in [0.15, 0.2) is 24.4 Å². The summed E-state index contributed by atoms with van der Waals surface area (Å²) < 4.78 is 2.35. The molecule has 0 fully saturated rings. The Hall–Kier alpha value is -0.600. The lowest BCUT2D eigenvalue weighted by atomic mass is 10.1. The molecule has 0 aliphatic carbocycles. The highest BCUT2D eigenvalue weighted by atomic mass is 35.5. The summed E-state index contributed by atoms with van der Waals surface area (Å²) in [5.74, 6) is 0. The lowest BCUT2D eigenvalue weighted by molar-refractivity contribution is -0.703. The Morgan fingerprint density at radius 1 is 0.810 bits per heavy atom. The second-order valence-corrected chi connectivity index (χ2v) is 5.79. The molecular weight excluding hydrogens is 282 g/mol. The summed E-state index contributed by atoms with van der Waals surface area (Å²) in [6.45, 7) is 3.70. The first-order chi connectivity index (χ1) is 9.84. The van der Waals surface area contributed by atoms with Crippen molar-refractivity contribution in [2.75, 3.05) is 6.61 Å².